The first-order chi connectivity index (χ1) is 9.33. The molecule has 0 fully saturated rings. The van der Waals surface area contributed by atoms with Gasteiger partial charge in [0.15, 0.2) is 4.60 Å². The Hall–Kier alpha value is -2.62. The minimum atomic E-state index is 0.504. The Kier molecular flexibility index (Phi) is 2.00. The third kappa shape index (κ3) is 1.46. The molecule has 4 heteroatoms. The number of fused-ring (bicyclic) bond motifs is 3. The number of hydrogen-bond acceptors (Lipinski definition) is 2. The number of aromatic nitrogens is 2. The molecule has 0 saturated carbocycles. The zero-order valence-corrected chi connectivity index (χ0v) is 10.1. The number of nitrogens with zero attached hydrogens (tertiary/aromatic N) is 1. The van der Waals surface area contributed by atoms with Crippen LogP contribution >= 0.6 is 0 Å². The van der Waals surface area contributed by atoms with E-state index >= 15 is 0 Å². The molecule has 0 bridgehead atoms. The summed E-state index contributed by atoms with van der Waals surface area (Å²) in [5, 5.41) is 2.69. The number of allylic oxidation sites excluding steroid dienone is 1. The molecule has 19 heavy (non-hydrogen) atoms. The van der Waals surface area contributed by atoms with Gasteiger partial charge in [-0.3, -0.25) is 0 Å². The third-order valence-electron chi connectivity index (χ3n) is 3.59. The first kappa shape index (κ1) is 10.3. The monoisotopic (exact) mass is 251 g/mol. The lowest BCUT2D eigenvalue weighted by Gasteiger charge is -2.00. The predicted molar refractivity (Wildman–Crippen MR) is 71.9 cm³/mol. The summed E-state index contributed by atoms with van der Waals surface area (Å²) in [6.45, 7) is 0. The average molecular weight is 251 g/mol. The van der Waals surface area contributed by atoms with Crippen molar-refractivity contribution in [2.45, 2.75) is 6.42 Å². The van der Waals surface area contributed by atoms with Crippen LogP contribution < -0.4 is 4.60 Å². The molecule has 1 aromatic heterocycles. The summed E-state index contributed by atoms with van der Waals surface area (Å²) in [6, 6.07) is 14.1. The Morgan fingerprint density at radius 2 is 1.95 bits per heavy atom. The topological polar surface area (TPSA) is 51.9 Å². The van der Waals surface area contributed by atoms with Gasteiger partial charge in [-0.25, -0.2) is 0 Å². The van der Waals surface area contributed by atoms with E-state index < -0.39 is 0 Å². The fourth-order valence-corrected chi connectivity index (χ4v) is 2.63. The van der Waals surface area contributed by atoms with Crippen LogP contribution in [-0.2, 0) is 6.42 Å². The number of hydrogen-bond donors (Lipinski definition) is 1. The number of aromatic amines is 1. The zero-order chi connectivity index (χ0) is 12.8. The quantitative estimate of drug-likeness (QED) is 0.723. The van der Waals surface area contributed by atoms with Crippen LogP contribution in [-0.4, -0.2) is 5.16 Å². The summed E-state index contributed by atoms with van der Waals surface area (Å²) < 4.78 is 5.29. The molecule has 0 amide bonds. The Morgan fingerprint density at radius 3 is 2.79 bits per heavy atom. The molecule has 0 spiro atoms. The second-order valence-electron chi connectivity index (χ2n) is 4.70. The van der Waals surface area contributed by atoms with E-state index in [-0.39, 0.29) is 0 Å². The van der Waals surface area contributed by atoms with Gasteiger partial charge in [0.1, 0.15) is 0 Å². The molecule has 0 saturated heterocycles. The summed E-state index contributed by atoms with van der Waals surface area (Å²) in [5.74, 6) is 0. The van der Waals surface area contributed by atoms with Gasteiger partial charge >= 0.3 is 0 Å². The van der Waals surface area contributed by atoms with E-state index in [2.05, 4.69) is 23.4 Å². The lowest BCUT2D eigenvalue weighted by molar-refractivity contribution is -0.692. The van der Waals surface area contributed by atoms with Crippen molar-refractivity contribution in [1.29, 1.82) is 0 Å². The molecule has 0 aliphatic heterocycles. The number of nitrogens with one attached hydrogen (secondary N) is 1. The van der Waals surface area contributed by atoms with Gasteiger partial charge in [-0.05, 0) is 40.2 Å². The Morgan fingerprint density at radius 1 is 1.11 bits per heavy atom. The molecular formula is C15H11N2O2+. The second-order valence-corrected chi connectivity index (χ2v) is 4.70. The maximum atomic E-state index is 11.4. The standard InChI is InChI=1S/C15H11N2O2/c18-17-14-7-6-11-8-12(10-4-2-1-3-5-10)9-13(11)15(14)16-19-17/h1-7,9,16H,8H2/q+1. The molecule has 1 aliphatic rings. The molecule has 92 valence electrons. The van der Waals surface area contributed by atoms with Crippen LogP contribution in [0.15, 0.2) is 47.1 Å². The molecule has 0 radical (unpaired) electrons. The molecule has 0 atom stereocenters. The second kappa shape index (κ2) is 3.68. The average Bonchev–Trinajstić information content (AvgIpc) is 3.03. The fourth-order valence-electron chi connectivity index (χ4n) is 2.63. The lowest BCUT2D eigenvalue weighted by atomic mass is 10.0. The van der Waals surface area contributed by atoms with Gasteiger partial charge in [0.25, 0.3) is 5.52 Å². The maximum absolute atomic E-state index is 11.4. The van der Waals surface area contributed by atoms with Crippen molar-refractivity contribution in [2.24, 2.45) is 0 Å². The lowest BCUT2D eigenvalue weighted by Crippen LogP contribution is -2.08. The van der Waals surface area contributed by atoms with Gasteiger partial charge < -0.3 is 0 Å². The smallest absolute Gasteiger partial charge is 0.0875 e. The van der Waals surface area contributed by atoms with Crippen LogP contribution in [0.2, 0.25) is 0 Å². The molecule has 0 unspecified atom stereocenters. The van der Waals surface area contributed by atoms with Gasteiger partial charge in [-0.15, -0.1) is 0 Å². The van der Waals surface area contributed by atoms with Gasteiger partial charge in [0, 0.05) is 5.56 Å². The summed E-state index contributed by atoms with van der Waals surface area (Å²) in [5.41, 5.74) is 6.03. The molecule has 3 aromatic rings. The van der Waals surface area contributed by atoms with E-state index in [1.165, 1.54) is 16.7 Å². The Bertz CT molecular complexity index is 857. The highest BCUT2D eigenvalue weighted by molar-refractivity contribution is 5.96. The largest absolute Gasteiger partial charge is 0.272 e. The summed E-state index contributed by atoms with van der Waals surface area (Å²) in [7, 11) is 0. The predicted octanol–water partition coefficient (Wildman–Crippen LogP) is 2.77. The molecular weight excluding hydrogens is 240 g/mol. The van der Waals surface area contributed by atoms with Gasteiger partial charge in [-0.1, -0.05) is 46.2 Å². The van der Waals surface area contributed by atoms with Crippen molar-refractivity contribution in [2.75, 3.05) is 0 Å². The highest BCUT2D eigenvalue weighted by Crippen LogP contribution is 2.34. The zero-order valence-electron chi connectivity index (χ0n) is 10.1. The van der Waals surface area contributed by atoms with E-state index in [1.54, 1.807) is 6.07 Å². The normalized spacial score (nSPS) is 13.6. The SMILES string of the molecule is O=[n+]1o[nH]c2c3c(ccc21)CC(c1ccccc1)=C3. The van der Waals surface area contributed by atoms with Crippen LogP contribution in [0.3, 0.4) is 0 Å². The first-order valence-electron chi connectivity index (χ1n) is 6.15. The van der Waals surface area contributed by atoms with Crippen molar-refractivity contribution in [1.82, 2.24) is 5.16 Å². The van der Waals surface area contributed by atoms with Gasteiger partial charge in [0.05, 0.1) is 0 Å². The minimum absolute atomic E-state index is 0.504. The molecule has 1 N–H and O–H groups in total. The highest BCUT2D eigenvalue weighted by atomic mass is 16.7. The van der Waals surface area contributed by atoms with Crippen molar-refractivity contribution >= 4 is 22.7 Å². The Balaban J connectivity index is 1.93. The van der Waals surface area contributed by atoms with E-state index in [0.29, 0.717) is 10.1 Å². The van der Waals surface area contributed by atoms with Crippen molar-refractivity contribution < 1.29 is 9.23 Å². The summed E-state index contributed by atoms with van der Waals surface area (Å²) in [6.07, 6.45) is 3.01. The maximum Gasteiger partial charge on any atom is 0.272 e. The van der Waals surface area contributed by atoms with Crippen molar-refractivity contribution in [3.05, 3.63) is 64.1 Å². The van der Waals surface area contributed by atoms with Crippen LogP contribution in [0.1, 0.15) is 16.7 Å². The fraction of sp³-hybridized carbons (Fsp3) is 0.0667. The van der Waals surface area contributed by atoms with E-state index in [0.717, 1.165) is 17.5 Å². The summed E-state index contributed by atoms with van der Waals surface area (Å²) >= 11 is 0. The first-order valence-corrected chi connectivity index (χ1v) is 6.15. The van der Waals surface area contributed by atoms with Crippen molar-refractivity contribution in [3.8, 4) is 0 Å². The van der Waals surface area contributed by atoms with E-state index in [4.69, 9.17) is 4.63 Å². The molecule has 1 heterocycles. The number of H-pyrrole nitrogens is 1. The van der Waals surface area contributed by atoms with E-state index in [9.17, 15) is 4.91 Å². The van der Waals surface area contributed by atoms with Crippen molar-refractivity contribution in [3.63, 3.8) is 0 Å². The third-order valence-corrected chi connectivity index (χ3v) is 3.59. The van der Waals surface area contributed by atoms with Crippen LogP contribution in [0.5, 0.6) is 0 Å². The van der Waals surface area contributed by atoms with E-state index in [1.807, 2.05) is 24.3 Å². The van der Waals surface area contributed by atoms with Crippen LogP contribution in [0.25, 0.3) is 22.7 Å². The molecule has 4 nitrogen and oxygen atoms in total. The summed E-state index contributed by atoms with van der Waals surface area (Å²) in [4.78, 5) is 11.4. The van der Waals surface area contributed by atoms with Gasteiger partial charge in [-0.2, -0.15) is 0 Å². The molecule has 2 aromatic carbocycles. The number of rotatable bonds is 1. The van der Waals surface area contributed by atoms with Crippen LogP contribution in [0, 0.1) is 4.91 Å². The highest BCUT2D eigenvalue weighted by Gasteiger charge is 2.22. The number of benzene rings is 2. The minimum Gasteiger partial charge on any atom is -0.0875 e. The van der Waals surface area contributed by atoms with Crippen LogP contribution in [0.4, 0.5) is 0 Å². The Labute approximate surface area is 108 Å². The molecule has 1 aliphatic carbocycles. The molecule has 4 rings (SSSR count). The van der Waals surface area contributed by atoms with Gasteiger partial charge in [0.2, 0.25) is 5.52 Å².